The lowest BCUT2D eigenvalue weighted by Crippen LogP contribution is -2.31. The third kappa shape index (κ3) is 3.03. The minimum Gasteiger partial charge on any atom is -0.393 e. The van der Waals surface area contributed by atoms with E-state index in [-0.39, 0.29) is 0 Å². The van der Waals surface area contributed by atoms with Crippen molar-refractivity contribution in [3.05, 3.63) is 46.0 Å². The number of nitro groups is 1. The molecule has 0 fully saturated rings. The maximum Gasteiger partial charge on any atom is 0.382 e. The zero-order chi connectivity index (χ0) is 12.1. The van der Waals surface area contributed by atoms with Crippen molar-refractivity contribution in [1.29, 1.82) is 0 Å². The molecule has 0 aromatic heterocycles. The number of hydrogen-bond donors (Lipinski definition) is 1. The minimum atomic E-state index is -1.50. The van der Waals surface area contributed by atoms with Gasteiger partial charge in [-0.25, -0.2) is 0 Å². The Kier molecular flexibility index (Phi) is 3.96. The van der Waals surface area contributed by atoms with Crippen molar-refractivity contribution in [2.45, 2.75) is 19.2 Å². The van der Waals surface area contributed by atoms with Gasteiger partial charge in [-0.05, 0) is 19.1 Å². The second kappa shape index (κ2) is 5.22. The predicted octanol–water partition coefficient (Wildman–Crippen LogP) is 0.852. The fraction of sp³-hybridized carbons (Fsp3) is 0.300. The van der Waals surface area contributed by atoms with Crippen LogP contribution in [-0.2, 0) is 9.53 Å². The molecule has 0 saturated carbocycles. The Morgan fingerprint density at radius 3 is 2.44 bits per heavy atom. The summed E-state index contributed by atoms with van der Waals surface area (Å²) in [6.07, 6.45) is -1.50. The Balaban J connectivity index is 2.85. The number of carbonyl (C=O) groups is 1. The number of nitrogens with two attached hydrogens (primary N) is 1. The fourth-order valence-corrected chi connectivity index (χ4v) is 1.07. The van der Waals surface area contributed by atoms with Gasteiger partial charge in [-0.1, -0.05) is 18.2 Å². The normalized spacial score (nSPS) is 13.9. The fourth-order valence-electron chi connectivity index (χ4n) is 1.07. The average molecular weight is 224 g/mol. The van der Waals surface area contributed by atoms with Gasteiger partial charge in [-0.15, -0.1) is 0 Å². The van der Waals surface area contributed by atoms with Crippen LogP contribution in [0.3, 0.4) is 0 Å². The average Bonchev–Trinajstić information content (AvgIpc) is 2.26. The van der Waals surface area contributed by atoms with E-state index in [1.54, 1.807) is 18.2 Å². The minimum absolute atomic E-state index is 0.307. The summed E-state index contributed by atoms with van der Waals surface area (Å²) >= 11 is 0. The van der Waals surface area contributed by atoms with Crippen molar-refractivity contribution in [1.82, 2.24) is 0 Å². The second-order valence-corrected chi connectivity index (χ2v) is 3.27. The van der Waals surface area contributed by atoms with Gasteiger partial charge in [-0.2, -0.15) is 0 Å². The Hall–Kier alpha value is -1.95. The monoisotopic (exact) mass is 224 g/mol. The van der Waals surface area contributed by atoms with Gasteiger partial charge in [0.1, 0.15) is 6.04 Å². The molecule has 0 bridgehead atoms. The highest BCUT2D eigenvalue weighted by atomic mass is 16.7. The van der Waals surface area contributed by atoms with E-state index in [0.717, 1.165) is 0 Å². The first-order valence-corrected chi connectivity index (χ1v) is 4.67. The van der Waals surface area contributed by atoms with Crippen molar-refractivity contribution in [3.8, 4) is 0 Å². The molecule has 0 spiro atoms. The number of esters is 1. The first-order chi connectivity index (χ1) is 7.52. The first-order valence-electron chi connectivity index (χ1n) is 4.67. The van der Waals surface area contributed by atoms with Gasteiger partial charge in [-0.3, -0.25) is 14.9 Å². The molecule has 0 amide bonds. The van der Waals surface area contributed by atoms with Crippen LogP contribution in [0.2, 0.25) is 0 Å². The van der Waals surface area contributed by atoms with Crippen LogP contribution in [-0.4, -0.2) is 16.9 Å². The maximum atomic E-state index is 11.2. The quantitative estimate of drug-likeness (QED) is 0.354. The molecule has 0 radical (unpaired) electrons. The molecule has 1 aromatic carbocycles. The third-order valence-electron chi connectivity index (χ3n) is 1.88. The molecule has 0 aliphatic heterocycles. The van der Waals surface area contributed by atoms with Crippen LogP contribution in [0.15, 0.2) is 30.3 Å². The second-order valence-electron chi connectivity index (χ2n) is 3.27. The molecule has 2 N–H and O–H groups in total. The third-order valence-corrected chi connectivity index (χ3v) is 1.88. The largest absolute Gasteiger partial charge is 0.393 e. The van der Waals surface area contributed by atoms with Gasteiger partial charge in [0.05, 0.1) is 10.5 Å². The molecule has 0 heterocycles. The van der Waals surface area contributed by atoms with Gasteiger partial charge < -0.3 is 10.5 Å². The number of nitrogens with zero attached hydrogens (tertiary/aromatic N) is 1. The van der Waals surface area contributed by atoms with Gasteiger partial charge in [0.15, 0.2) is 0 Å². The topological polar surface area (TPSA) is 95.5 Å². The number of ether oxygens (including phenoxy) is 1. The number of carbonyl (C=O) groups excluding carboxylic acids is 1. The van der Waals surface area contributed by atoms with Crippen LogP contribution in [0.1, 0.15) is 18.7 Å². The van der Waals surface area contributed by atoms with Crippen LogP contribution in [0.25, 0.3) is 0 Å². The molecule has 1 rings (SSSR count). The number of rotatable bonds is 4. The van der Waals surface area contributed by atoms with Crippen LogP contribution < -0.4 is 5.73 Å². The van der Waals surface area contributed by atoms with Gasteiger partial charge >= 0.3 is 12.2 Å². The van der Waals surface area contributed by atoms with Crippen LogP contribution in [0.5, 0.6) is 0 Å². The Morgan fingerprint density at radius 2 is 2.00 bits per heavy atom. The summed E-state index contributed by atoms with van der Waals surface area (Å²) in [6, 6.07) is 7.13. The lowest BCUT2D eigenvalue weighted by atomic mass is 10.2. The first kappa shape index (κ1) is 12.1. The molecular weight excluding hydrogens is 212 g/mol. The highest BCUT2D eigenvalue weighted by molar-refractivity contribution is 5.75. The summed E-state index contributed by atoms with van der Waals surface area (Å²) in [5.74, 6) is -0.800. The molecular formula is C10H12N2O4. The number of benzene rings is 1. The summed E-state index contributed by atoms with van der Waals surface area (Å²) < 4.78 is 4.70. The summed E-state index contributed by atoms with van der Waals surface area (Å²) in [5.41, 5.74) is 5.57. The Labute approximate surface area is 92.2 Å². The lowest BCUT2D eigenvalue weighted by molar-refractivity contribution is -0.576. The highest BCUT2D eigenvalue weighted by Gasteiger charge is 2.28. The van der Waals surface area contributed by atoms with E-state index in [9.17, 15) is 14.9 Å². The molecule has 16 heavy (non-hydrogen) atoms. The van der Waals surface area contributed by atoms with E-state index in [4.69, 9.17) is 10.5 Å². The molecule has 6 heteroatoms. The van der Waals surface area contributed by atoms with Crippen molar-refractivity contribution in [3.63, 3.8) is 0 Å². The van der Waals surface area contributed by atoms with Crippen LogP contribution in [0.4, 0.5) is 0 Å². The molecule has 86 valence electrons. The maximum absolute atomic E-state index is 11.2. The lowest BCUT2D eigenvalue weighted by Gasteiger charge is -2.12. The van der Waals surface area contributed by atoms with E-state index < -0.39 is 23.2 Å². The SMILES string of the molecule is C[C@@H](N)C(=O)OC(c1ccccc1)[N+](=O)[O-]. The molecule has 1 unspecified atom stereocenters. The van der Waals surface area contributed by atoms with Crippen LogP contribution >= 0.6 is 0 Å². The standard InChI is InChI=1S/C10H12N2O4/c1-7(11)10(13)16-9(12(14)15)8-5-3-2-4-6-8/h2-7,9H,11H2,1H3/t7-,9?/m1/s1. The molecule has 2 atom stereocenters. The Bertz CT molecular complexity index is 378. The van der Waals surface area contributed by atoms with Gasteiger partial charge in [0, 0.05) is 0 Å². The van der Waals surface area contributed by atoms with Gasteiger partial charge in [0.2, 0.25) is 0 Å². The van der Waals surface area contributed by atoms with Crippen molar-refractivity contribution in [2.24, 2.45) is 5.73 Å². The molecule has 1 aromatic rings. The summed E-state index contributed by atoms with van der Waals surface area (Å²) in [4.78, 5) is 21.3. The van der Waals surface area contributed by atoms with Crippen molar-refractivity contribution < 1.29 is 14.5 Å². The number of hydrogen-bond acceptors (Lipinski definition) is 5. The zero-order valence-corrected chi connectivity index (χ0v) is 8.70. The summed E-state index contributed by atoms with van der Waals surface area (Å²) in [5, 5.41) is 10.7. The van der Waals surface area contributed by atoms with E-state index in [1.807, 2.05) is 0 Å². The molecule has 0 aliphatic carbocycles. The zero-order valence-electron chi connectivity index (χ0n) is 8.70. The van der Waals surface area contributed by atoms with Crippen molar-refractivity contribution >= 4 is 5.97 Å². The smallest absolute Gasteiger partial charge is 0.382 e. The van der Waals surface area contributed by atoms with E-state index in [1.165, 1.54) is 19.1 Å². The van der Waals surface area contributed by atoms with Crippen molar-refractivity contribution in [2.75, 3.05) is 0 Å². The molecule has 0 saturated heterocycles. The molecule has 0 aliphatic rings. The molecule has 6 nitrogen and oxygen atoms in total. The van der Waals surface area contributed by atoms with E-state index >= 15 is 0 Å². The highest BCUT2D eigenvalue weighted by Crippen LogP contribution is 2.17. The van der Waals surface area contributed by atoms with Gasteiger partial charge in [0.25, 0.3) is 0 Å². The van der Waals surface area contributed by atoms with Crippen LogP contribution in [0, 0.1) is 10.1 Å². The predicted molar refractivity (Wildman–Crippen MR) is 55.9 cm³/mol. The summed E-state index contributed by atoms with van der Waals surface area (Å²) in [6.45, 7) is 1.41. The van der Waals surface area contributed by atoms with E-state index in [0.29, 0.717) is 5.56 Å². The summed E-state index contributed by atoms with van der Waals surface area (Å²) in [7, 11) is 0. The Morgan fingerprint density at radius 1 is 1.44 bits per heavy atom. The van der Waals surface area contributed by atoms with E-state index in [2.05, 4.69) is 0 Å².